The van der Waals surface area contributed by atoms with Crippen LogP contribution < -0.4 is 14.8 Å². The van der Waals surface area contributed by atoms with Gasteiger partial charge < -0.3 is 19.7 Å². The van der Waals surface area contributed by atoms with Crippen molar-refractivity contribution in [3.05, 3.63) is 57.5 Å². The molecule has 174 valence electrons. The van der Waals surface area contributed by atoms with Crippen molar-refractivity contribution in [1.82, 2.24) is 10.2 Å². The first-order chi connectivity index (χ1) is 15.3. The van der Waals surface area contributed by atoms with Gasteiger partial charge in [0.1, 0.15) is 17.5 Å². The van der Waals surface area contributed by atoms with Crippen LogP contribution >= 0.6 is 27.5 Å². The number of hydrogen-bond donors (Lipinski definition) is 1. The quantitative estimate of drug-likeness (QED) is 0.437. The van der Waals surface area contributed by atoms with E-state index in [9.17, 15) is 9.59 Å². The van der Waals surface area contributed by atoms with Gasteiger partial charge in [0, 0.05) is 17.1 Å². The van der Waals surface area contributed by atoms with Crippen molar-refractivity contribution in [2.75, 3.05) is 13.7 Å². The molecule has 1 N–H and O–H groups in total. The van der Waals surface area contributed by atoms with Crippen molar-refractivity contribution in [3.63, 3.8) is 0 Å². The van der Waals surface area contributed by atoms with Gasteiger partial charge in [-0.2, -0.15) is 0 Å². The molecule has 0 saturated carbocycles. The lowest BCUT2D eigenvalue weighted by Gasteiger charge is -2.31. The number of carbonyl (C=O) groups is 2. The number of methoxy groups -OCH3 is 1. The number of benzene rings is 2. The van der Waals surface area contributed by atoms with Crippen LogP contribution in [0.4, 0.5) is 0 Å². The van der Waals surface area contributed by atoms with Gasteiger partial charge in [-0.15, -0.1) is 0 Å². The summed E-state index contributed by atoms with van der Waals surface area (Å²) in [6.45, 7) is 5.84. The molecule has 0 fully saturated rings. The van der Waals surface area contributed by atoms with E-state index in [0.717, 1.165) is 16.5 Å². The number of ether oxygens (including phenoxy) is 2. The average Bonchev–Trinajstić information content (AvgIpc) is 2.78. The Morgan fingerprint density at radius 3 is 2.53 bits per heavy atom. The third kappa shape index (κ3) is 7.41. The first-order valence-electron chi connectivity index (χ1n) is 10.6. The first-order valence-corrected chi connectivity index (χ1v) is 11.8. The van der Waals surface area contributed by atoms with Gasteiger partial charge in [0.25, 0.3) is 5.91 Å². The Morgan fingerprint density at radius 2 is 1.91 bits per heavy atom. The maximum absolute atomic E-state index is 13.3. The Kier molecular flexibility index (Phi) is 10.3. The zero-order valence-corrected chi connectivity index (χ0v) is 21.2. The molecule has 0 spiro atoms. The second-order valence-corrected chi connectivity index (χ2v) is 8.80. The molecule has 2 amide bonds. The Bertz CT molecular complexity index is 925. The predicted molar refractivity (Wildman–Crippen MR) is 130 cm³/mol. The highest BCUT2D eigenvalue weighted by Crippen LogP contribution is 2.28. The molecule has 0 saturated heterocycles. The van der Waals surface area contributed by atoms with Crippen LogP contribution in [0.2, 0.25) is 5.02 Å². The van der Waals surface area contributed by atoms with Crippen LogP contribution in [0.3, 0.4) is 0 Å². The van der Waals surface area contributed by atoms with Gasteiger partial charge in [-0.25, -0.2) is 0 Å². The number of amides is 2. The molecule has 2 aromatic carbocycles. The molecular formula is C24H30BrClN2O4. The molecule has 0 aliphatic carbocycles. The fraction of sp³-hybridized carbons (Fsp3) is 0.417. The van der Waals surface area contributed by atoms with Crippen molar-refractivity contribution in [2.45, 2.75) is 52.2 Å². The summed E-state index contributed by atoms with van der Waals surface area (Å²) in [6.07, 6.45) is 1.27. The van der Waals surface area contributed by atoms with Crippen molar-refractivity contribution in [1.29, 1.82) is 0 Å². The molecule has 2 atom stereocenters. The second-order valence-electron chi connectivity index (χ2n) is 7.48. The van der Waals surface area contributed by atoms with Crippen LogP contribution in [0.1, 0.15) is 39.2 Å². The van der Waals surface area contributed by atoms with Crippen LogP contribution in [0, 0.1) is 0 Å². The molecule has 0 unspecified atom stereocenters. The molecule has 6 nitrogen and oxygen atoms in total. The lowest BCUT2D eigenvalue weighted by molar-refractivity contribution is -0.143. The third-order valence-electron chi connectivity index (χ3n) is 5.12. The Balaban J connectivity index is 2.25. The molecule has 0 aliphatic heterocycles. The van der Waals surface area contributed by atoms with Gasteiger partial charge in [-0.05, 0) is 55.7 Å². The highest BCUT2D eigenvalue weighted by molar-refractivity contribution is 9.10. The summed E-state index contributed by atoms with van der Waals surface area (Å²) in [7, 11) is 1.59. The minimum Gasteiger partial charge on any atom is -0.497 e. The predicted octanol–water partition coefficient (Wildman–Crippen LogP) is 5.21. The van der Waals surface area contributed by atoms with Crippen molar-refractivity contribution < 1.29 is 19.1 Å². The largest absolute Gasteiger partial charge is 0.497 e. The molecule has 0 bridgehead atoms. The fourth-order valence-corrected chi connectivity index (χ4v) is 3.87. The summed E-state index contributed by atoms with van der Waals surface area (Å²) in [5, 5.41) is 3.39. The Hall–Kier alpha value is -2.25. The molecule has 0 heterocycles. The number of carbonyl (C=O) groups excluding carboxylic acids is 2. The lowest BCUT2D eigenvalue weighted by Crippen LogP contribution is -2.51. The molecule has 0 radical (unpaired) electrons. The molecule has 2 aromatic rings. The summed E-state index contributed by atoms with van der Waals surface area (Å²) in [5.74, 6) is 0.601. The number of rotatable bonds is 11. The summed E-state index contributed by atoms with van der Waals surface area (Å²) >= 11 is 9.56. The van der Waals surface area contributed by atoms with E-state index in [1.165, 1.54) is 0 Å². The highest BCUT2D eigenvalue weighted by atomic mass is 79.9. The van der Waals surface area contributed by atoms with E-state index in [1.807, 2.05) is 45.0 Å². The molecule has 8 heteroatoms. The van der Waals surface area contributed by atoms with Gasteiger partial charge >= 0.3 is 0 Å². The van der Waals surface area contributed by atoms with Gasteiger partial charge in [0.2, 0.25) is 5.91 Å². The van der Waals surface area contributed by atoms with E-state index >= 15 is 0 Å². The highest BCUT2D eigenvalue weighted by Gasteiger charge is 2.29. The number of hydrogen-bond acceptors (Lipinski definition) is 4. The number of nitrogens with one attached hydrogen (secondary N) is 1. The first kappa shape index (κ1) is 26.0. The Morgan fingerprint density at radius 1 is 1.16 bits per heavy atom. The zero-order chi connectivity index (χ0) is 23.7. The van der Waals surface area contributed by atoms with E-state index in [4.69, 9.17) is 21.1 Å². The number of nitrogens with zero attached hydrogens (tertiary/aromatic N) is 1. The minimum absolute atomic E-state index is 0.0168. The number of halogens is 2. The molecule has 0 aliphatic rings. The molecular weight excluding hydrogens is 496 g/mol. The summed E-state index contributed by atoms with van der Waals surface area (Å²) in [6, 6.07) is 12.0. The van der Waals surface area contributed by atoms with Crippen LogP contribution in [-0.4, -0.2) is 42.5 Å². The topological polar surface area (TPSA) is 67.9 Å². The van der Waals surface area contributed by atoms with E-state index in [1.54, 1.807) is 30.2 Å². The second kappa shape index (κ2) is 12.7. The summed E-state index contributed by atoms with van der Waals surface area (Å²) in [4.78, 5) is 27.8. The minimum atomic E-state index is -0.633. The van der Waals surface area contributed by atoms with Crippen molar-refractivity contribution >= 4 is 39.3 Å². The Labute approximate surface area is 203 Å². The average molecular weight is 526 g/mol. The maximum Gasteiger partial charge on any atom is 0.261 e. The maximum atomic E-state index is 13.3. The van der Waals surface area contributed by atoms with Crippen LogP contribution in [0.15, 0.2) is 46.9 Å². The van der Waals surface area contributed by atoms with Gasteiger partial charge in [0.05, 0.1) is 12.1 Å². The molecule has 2 rings (SSSR count). The normalized spacial score (nSPS) is 12.6. The van der Waals surface area contributed by atoms with Crippen LogP contribution in [-0.2, 0) is 16.1 Å². The van der Waals surface area contributed by atoms with E-state index in [0.29, 0.717) is 22.9 Å². The van der Waals surface area contributed by atoms with E-state index in [2.05, 4.69) is 21.2 Å². The van der Waals surface area contributed by atoms with Gasteiger partial charge in [0.15, 0.2) is 6.61 Å². The van der Waals surface area contributed by atoms with Crippen LogP contribution in [0.5, 0.6) is 11.5 Å². The summed E-state index contributed by atoms with van der Waals surface area (Å²) < 4.78 is 11.8. The van der Waals surface area contributed by atoms with Crippen molar-refractivity contribution in [3.8, 4) is 11.5 Å². The lowest BCUT2D eigenvalue weighted by atomic mass is 10.1. The van der Waals surface area contributed by atoms with Crippen LogP contribution in [0.25, 0.3) is 0 Å². The summed E-state index contributed by atoms with van der Waals surface area (Å²) in [5.41, 5.74) is 0.856. The standard InChI is InChI=1S/C24H30BrClN2O4/c1-5-16(3)27-24(30)21(6-2)28(14-17-8-7-9-19(12-17)31-4)23(29)15-32-22-11-10-18(25)13-20(22)26/h7-13,16,21H,5-6,14-15H2,1-4H3,(H,27,30)/t16-,21-/m1/s1. The molecule has 0 aromatic heterocycles. The van der Waals surface area contributed by atoms with Gasteiger partial charge in [-0.3, -0.25) is 9.59 Å². The molecule has 32 heavy (non-hydrogen) atoms. The smallest absolute Gasteiger partial charge is 0.261 e. The SMILES string of the molecule is CC[C@@H](C)NC(=O)[C@@H](CC)N(Cc1cccc(OC)c1)C(=O)COc1ccc(Br)cc1Cl. The third-order valence-corrected chi connectivity index (χ3v) is 5.91. The fourth-order valence-electron chi connectivity index (χ4n) is 3.14. The van der Waals surface area contributed by atoms with Crippen molar-refractivity contribution in [2.24, 2.45) is 0 Å². The van der Waals surface area contributed by atoms with E-state index < -0.39 is 6.04 Å². The zero-order valence-electron chi connectivity index (χ0n) is 18.9. The monoisotopic (exact) mass is 524 g/mol. The van der Waals surface area contributed by atoms with E-state index in [-0.39, 0.29) is 31.0 Å². The van der Waals surface area contributed by atoms with Gasteiger partial charge in [-0.1, -0.05) is 53.5 Å².